The van der Waals surface area contributed by atoms with Gasteiger partial charge in [0.05, 0.1) is 17.9 Å². The van der Waals surface area contributed by atoms with Crippen molar-refractivity contribution in [2.75, 3.05) is 25.0 Å². The second-order valence-electron chi connectivity index (χ2n) is 7.80. The lowest BCUT2D eigenvalue weighted by atomic mass is 10.0. The number of nitrogens with zero attached hydrogens (tertiary/aromatic N) is 3. The molecule has 8 heteroatoms. The van der Waals surface area contributed by atoms with Crippen LogP contribution in [0.3, 0.4) is 0 Å². The molecule has 1 fully saturated rings. The minimum atomic E-state index is -4.36. The Kier molecular flexibility index (Phi) is 6.43. The van der Waals surface area contributed by atoms with E-state index in [1.165, 1.54) is 6.07 Å². The molecule has 0 aliphatic carbocycles. The summed E-state index contributed by atoms with van der Waals surface area (Å²) in [7, 11) is 0. The number of aliphatic hydroxyl groups is 1. The minimum absolute atomic E-state index is 0.122. The number of alkyl halides is 3. The van der Waals surface area contributed by atoms with Crippen LogP contribution in [-0.2, 0) is 6.18 Å². The molecule has 0 radical (unpaired) electrons. The molecule has 158 valence electrons. The maximum absolute atomic E-state index is 12.9. The fourth-order valence-corrected chi connectivity index (χ4v) is 3.72. The van der Waals surface area contributed by atoms with Crippen molar-refractivity contribution in [2.24, 2.45) is 0 Å². The van der Waals surface area contributed by atoms with E-state index >= 15 is 0 Å². The zero-order valence-electron chi connectivity index (χ0n) is 16.9. The number of nitrogens with one attached hydrogen (secondary N) is 1. The zero-order chi connectivity index (χ0) is 21.2. The number of aromatic nitrogens is 2. The molecular formula is C21H27F3N4O. The second kappa shape index (κ2) is 8.67. The Hall–Kier alpha value is -2.19. The number of rotatable bonds is 5. The summed E-state index contributed by atoms with van der Waals surface area (Å²) in [5.74, 6) is 0.682. The number of anilines is 1. The van der Waals surface area contributed by atoms with Gasteiger partial charge in [0.2, 0.25) is 0 Å². The first-order valence-corrected chi connectivity index (χ1v) is 9.83. The van der Waals surface area contributed by atoms with Gasteiger partial charge < -0.3 is 10.4 Å². The summed E-state index contributed by atoms with van der Waals surface area (Å²) in [4.78, 5) is 2.25. The van der Waals surface area contributed by atoms with Crippen molar-refractivity contribution in [1.29, 1.82) is 0 Å². The van der Waals surface area contributed by atoms with Crippen molar-refractivity contribution in [3.63, 3.8) is 0 Å². The number of hydrogen-bond acceptors (Lipinski definition) is 5. The average molecular weight is 408 g/mol. The topological polar surface area (TPSA) is 61.3 Å². The fraction of sp³-hybridized carbons (Fsp3) is 0.524. The molecule has 5 nitrogen and oxygen atoms in total. The maximum Gasteiger partial charge on any atom is 0.416 e. The summed E-state index contributed by atoms with van der Waals surface area (Å²) in [5.41, 5.74) is 1.93. The summed E-state index contributed by atoms with van der Waals surface area (Å²) < 4.78 is 38.7. The van der Waals surface area contributed by atoms with Gasteiger partial charge in [-0.2, -0.15) is 13.2 Å². The van der Waals surface area contributed by atoms with Crippen LogP contribution in [0.4, 0.5) is 19.0 Å². The van der Waals surface area contributed by atoms with E-state index < -0.39 is 11.7 Å². The predicted octanol–water partition coefficient (Wildman–Crippen LogP) is 4.04. The summed E-state index contributed by atoms with van der Waals surface area (Å²) in [6.07, 6.45) is -2.31. The van der Waals surface area contributed by atoms with Gasteiger partial charge in [0, 0.05) is 24.2 Å². The van der Waals surface area contributed by atoms with E-state index in [2.05, 4.69) is 20.4 Å². The summed E-state index contributed by atoms with van der Waals surface area (Å²) in [6, 6.07) is 5.84. The molecule has 1 aliphatic rings. The van der Waals surface area contributed by atoms with Crippen LogP contribution in [-0.4, -0.2) is 52.0 Å². The molecule has 29 heavy (non-hydrogen) atoms. The van der Waals surface area contributed by atoms with E-state index in [4.69, 9.17) is 0 Å². The van der Waals surface area contributed by atoms with E-state index in [-0.39, 0.29) is 18.7 Å². The van der Waals surface area contributed by atoms with Crippen LogP contribution >= 0.6 is 0 Å². The van der Waals surface area contributed by atoms with Crippen molar-refractivity contribution >= 4 is 5.82 Å². The van der Waals surface area contributed by atoms with Gasteiger partial charge in [-0.3, -0.25) is 4.90 Å². The SMILES string of the molecule is Cc1cc(C(F)(F)F)ccc1-c1cc(C)c(N[C@@H]2CCCN(C(C)CO)C2)nn1. The number of halogens is 3. The number of hydrogen-bond donors (Lipinski definition) is 2. The summed E-state index contributed by atoms with van der Waals surface area (Å²) in [6.45, 7) is 7.49. The van der Waals surface area contributed by atoms with Gasteiger partial charge in [0.25, 0.3) is 0 Å². The molecule has 1 aromatic heterocycles. The zero-order valence-corrected chi connectivity index (χ0v) is 16.9. The Morgan fingerprint density at radius 1 is 1.21 bits per heavy atom. The van der Waals surface area contributed by atoms with E-state index in [9.17, 15) is 18.3 Å². The Labute approximate surface area is 169 Å². The number of aliphatic hydroxyl groups excluding tert-OH is 1. The van der Waals surface area contributed by atoms with Crippen LogP contribution in [0, 0.1) is 13.8 Å². The van der Waals surface area contributed by atoms with E-state index in [1.54, 1.807) is 6.92 Å². The molecule has 0 bridgehead atoms. The monoisotopic (exact) mass is 408 g/mol. The maximum atomic E-state index is 12.9. The van der Waals surface area contributed by atoms with Crippen LogP contribution in [0.1, 0.15) is 36.5 Å². The van der Waals surface area contributed by atoms with Crippen LogP contribution in [0.5, 0.6) is 0 Å². The number of likely N-dealkylation sites (tertiary alicyclic amines) is 1. The molecule has 2 atom stereocenters. The fourth-order valence-electron chi connectivity index (χ4n) is 3.72. The summed E-state index contributed by atoms with van der Waals surface area (Å²) >= 11 is 0. The Morgan fingerprint density at radius 3 is 2.59 bits per heavy atom. The third-order valence-electron chi connectivity index (χ3n) is 5.50. The normalized spacial score (nSPS) is 19.2. The van der Waals surface area contributed by atoms with E-state index in [0.717, 1.165) is 43.6 Å². The third-order valence-corrected chi connectivity index (χ3v) is 5.50. The smallest absolute Gasteiger partial charge is 0.395 e. The van der Waals surface area contributed by atoms with Crippen molar-refractivity contribution < 1.29 is 18.3 Å². The number of aryl methyl sites for hydroxylation is 2. The molecule has 2 aromatic rings. The third kappa shape index (κ3) is 5.05. The highest BCUT2D eigenvalue weighted by atomic mass is 19.4. The number of piperidine rings is 1. The second-order valence-corrected chi connectivity index (χ2v) is 7.80. The van der Waals surface area contributed by atoms with Crippen LogP contribution < -0.4 is 5.32 Å². The Balaban J connectivity index is 1.75. The van der Waals surface area contributed by atoms with E-state index in [1.807, 2.05) is 19.9 Å². The van der Waals surface area contributed by atoms with Crippen LogP contribution in [0.2, 0.25) is 0 Å². The molecule has 1 saturated heterocycles. The van der Waals surface area contributed by atoms with E-state index in [0.29, 0.717) is 22.6 Å². The Morgan fingerprint density at radius 2 is 1.97 bits per heavy atom. The highest BCUT2D eigenvalue weighted by Crippen LogP contribution is 2.33. The van der Waals surface area contributed by atoms with Crippen molar-refractivity contribution in [3.8, 4) is 11.3 Å². The largest absolute Gasteiger partial charge is 0.416 e. The highest BCUT2D eigenvalue weighted by Gasteiger charge is 2.31. The Bertz CT molecular complexity index is 856. The molecule has 1 aromatic carbocycles. The quantitative estimate of drug-likeness (QED) is 0.782. The molecule has 0 amide bonds. The summed E-state index contributed by atoms with van der Waals surface area (Å²) in [5, 5.41) is 21.4. The lowest BCUT2D eigenvalue weighted by molar-refractivity contribution is -0.137. The predicted molar refractivity (Wildman–Crippen MR) is 107 cm³/mol. The van der Waals surface area contributed by atoms with Gasteiger partial charge >= 0.3 is 6.18 Å². The van der Waals surface area contributed by atoms with Gasteiger partial charge in [-0.05, 0) is 69.5 Å². The van der Waals surface area contributed by atoms with Gasteiger partial charge in [-0.1, -0.05) is 6.07 Å². The first-order chi connectivity index (χ1) is 13.7. The molecule has 0 saturated carbocycles. The van der Waals surface area contributed by atoms with Crippen molar-refractivity contribution in [2.45, 2.75) is 51.9 Å². The lowest BCUT2D eigenvalue weighted by Crippen LogP contribution is -2.47. The molecule has 2 heterocycles. The molecule has 2 N–H and O–H groups in total. The van der Waals surface area contributed by atoms with Gasteiger partial charge in [0.1, 0.15) is 0 Å². The van der Waals surface area contributed by atoms with Crippen molar-refractivity contribution in [1.82, 2.24) is 15.1 Å². The van der Waals surface area contributed by atoms with Crippen LogP contribution in [0.25, 0.3) is 11.3 Å². The van der Waals surface area contributed by atoms with Gasteiger partial charge in [-0.15, -0.1) is 10.2 Å². The van der Waals surface area contributed by atoms with Crippen molar-refractivity contribution in [3.05, 3.63) is 41.0 Å². The minimum Gasteiger partial charge on any atom is -0.395 e. The van der Waals surface area contributed by atoms with Gasteiger partial charge in [-0.25, -0.2) is 0 Å². The molecule has 3 rings (SSSR count). The average Bonchev–Trinajstić information content (AvgIpc) is 2.68. The van der Waals surface area contributed by atoms with Crippen LogP contribution in [0.15, 0.2) is 24.3 Å². The molecule has 1 unspecified atom stereocenters. The highest BCUT2D eigenvalue weighted by molar-refractivity contribution is 5.66. The first-order valence-electron chi connectivity index (χ1n) is 9.83. The van der Waals surface area contributed by atoms with Gasteiger partial charge in [0.15, 0.2) is 5.82 Å². The molecule has 0 spiro atoms. The first kappa shape index (κ1) is 21.5. The standard InChI is InChI=1S/C21H27F3N4O/c1-13-9-16(21(22,23)24)6-7-18(13)19-10-14(2)20(27-26-19)25-17-5-4-8-28(11-17)15(3)12-29/h6-7,9-10,15,17,29H,4-5,8,11-12H2,1-3H3,(H,25,27)/t15?,17-/m1/s1. The molecular weight excluding hydrogens is 381 g/mol. The molecule has 1 aliphatic heterocycles. The number of benzene rings is 1. The lowest BCUT2D eigenvalue weighted by Gasteiger charge is -2.36.